The van der Waals surface area contributed by atoms with Crippen molar-refractivity contribution < 1.29 is 9.90 Å². The molecule has 0 aliphatic rings. The van der Waals surface area contributed by atoms with Gasteiger partial charge in [-0.05, 0) is 52.9 Å². The predicted octanol–water partition coefficient (Wildman–Crippen LogP) is 3.78. The molecule has 1 aromatic carbocycles. The van der Waals surface area contributed by atoms with E-state index in [1.165, 1.54) is 12.3 Å². The van der Waals surface area contributed by atoms with Gasteiger partial charge < -0.3 is 10.4 Å². The van der Waals surface area contributed by atoms with Gasteiger partial charge in [-0.2, -0.15) is 0 Å². The van der Waals surface area contributed by atoms with E-state index in [2.05, 4.69) is 32.9 Å². The standard InChI is InChI=1S/C12H8ClIN2O2/c13-9-5-7(14)1-2-10(9)16-8-3-4-15-11(6-8)12(17)18/h1-6H,(H,15,16)(H,17,18). The van der Waals surface area contributed by atoms with Gasteiger partial charge in [-0.15, -0.1) is 0 Å². The number of anilines is 2. The molecule has 1 aromatic heterocycles. The molecular weight excluding hydrogens is 367 g/mol. The SMILES string of the molecule is O=C(O)c1cc(Nc2ccc(I)cc2Cl)ccn1. The third-order valence-electron chi connectivity index (χ3n) is 2.19. The number of rotatable bonds is 3. The highest BCUT2D eigenvalue weighted by Crippen LogP contribution is 2.27. The highest BCUT2D eigenvalue weighted by Gasteiger charge is 2.06. The molecule has 0 unspecified atom stereocenters. The number of carboxylic acid groups (broad SMARTS) is 1. The van der Waals surface area contributed by atoms with Gasteiger partial charge in [0, 0.05) is 15.5 Å². The molecule has 2 N–H and O–H groups in total. The fourth-order valence-electron chi connectivity index (χ4n) is 1.37. The topological polar surface area (TPSA) is 62.2 Å². The Morgan fingerprint density at radius 1 is 1.33 bits per heavy atom. The Kier molecular flexibility index (Phi) is 4.03. The lowest BCUT2D eigenvalue weighted by Crippen LogP contribution is -2.01. The number of pyridine rings is 1. The van der Waals surface area contributed by atoms with E-state index < -0.39 is 5.97 Å². The average Bonchev–Trinajstić information content (AvgIpc) is 2.33. The van der Waals surface area contributed by atoms with Crippen LogP contribution in [0.1, 0.15) is 10.5 Å². The molecule has 92 valence electrons. The summed E-state index contributed by atoms with van der Waals surface area (Å²) >= 11 is 8.25. The Labute approximate surface area is 122 Å². The molecule has 0 aliphatic carbocycles. The van der Waals surface area contributed by atoms with Crippen molar-refractivity contribution in [3.63, 3.8) is 0 Å². The van der Waals surface area contributed by atoms with Gasteiger partial charge in [0.05, 0.1) is 10.7 Å². The van der Waals surface area contributed by atoms with Crippen LogP contribution >= 0.6 is 34.2 Å². The summed E-state index contributed by atoms with van der Waals surface area (Å²) in [6.45, 7) is 0. The monoisotopic (exact) mass is 374 g/mol. The first-order chi connectivity index (χ1) is 8.56. The number of hydrogen-bond donors (Lipinski definition) is 2. The van der Waals surface area contributed by atoms with Crippen LogP contribution in [0.25, 0.3) is 0 Å². The third-order valence-corrected chi connectivity index (χ3v) is 3.17. The lowest BCUT2D eigenvalue weighted by molar-refractivity contribution is 0.0690. The maximum Gasteiger partial charge on any atom is 0.354 e. The van der Waals surface area contributed by atoms with Crippen molar-refractivity contribution in [3.05, 3.63) is 50.8 Å². The molecular formula is C12H8ClIN2O2. The van der Waals surface area contributed by atoms with E-state index in [9.17, 15) is 4.79 Å². The van der Waals surface area contributed by atoms with Gasteiger partial charge in [0.1, 0.15) is 5.69 Å². The molecule has 0 radical (unpaired) electrons. The molecule has 2 aromatic rings. The van der Waals surface area contributed by atoms with E-state index in [1.54, 1.807) is 6.07 Å². The van der Waals surface area contributed by atoms with Gasteiger partial charge >= 0.3 is 5.97 Å². The number of benzene rings is 1. The van der Waals surface area contributed by atoms with Crippen LogP contribution in [-0.2, 0) is 0 Å². The van der Waals surface area contributed by atoms with Crippen molar-refractivity contribution in [3.8, 4) is 0 Å². The van der Waals surface area contributed by atoms with Crippen LogP contribution < -0.4 is 5.32 Å². The number of carboxylic acids is 1. The van der Waals surface area contributed by atoms with Crippen molar-refractivity contribution in [2.24, 2.45) is 0 Å². The first-order valence-electron chi connectivity index (χ1n) is 4.97. The first kappa shape index (κ1) is 13.1. The second-order valence-electron chi connectivity index (χ2n) is 3.48. The summed E-state index contributed by atoms with van der Waals surface area (Å²) in [6.07, 6.45) is 1.44. The van der Waals surface area contributed by atoms with Crippen LogP contribution in [0, 0.1) is 3.57 Å². The Morgan fingerprint density at radius 3 is 2.78 bits per heavy atom. The first-order valence-corrected chi connectivity index (χ1v) is 6.43. The number of hydrogen-bond acceptors (Lipinski definition) is 3. The number of carbonyl (C=O) groups is 1. The molecule has 6 heteroatoms. The zero-order valence-electron chi connectivity index (χ0n) is 9.02. The van der Waals surface area contributed by atoms with Gasteiger partial charge in [0.25, 0.3) is 0 Å². The minimum Gasteiger partial charge on any atom is -0.477 e. The molecule has 4 nitrogen and oxygen atoms in total. The van der Waals surface area contributed by atoms with Crippen LogP contribution in [0.5, 0.6) is 0 Å². The van der Waals surface area contributed by atoms with E-state index in [0.29, 0.717) is 10.7 Å². The highest BCUT2D eigenvalue weighted by molar-refractivity contribution is 14.1. The minimum atomic E-state index is -1.06. The summed E-state index contributed by atoms with van der Waals surface area (Å²) in [6, 6.07) is 8.71. The molecule has 0 saturated carbocycles. The molecule has 0 bridgehead atoms. The predicted molar refractivity (Wildman–Crippen MR) is 78.6 cm³/mol. The summed E-state index contributed by atoms with van der Waals surface area (Å²) in [5.41, 5.74) is 1.34. The maximum atomic E-state index is 10.8. The Hall–Kier alpha value is -1.34. The molecule has 18 heavy (non-hydrogen) atoms. The molecule has 0 aliphatic heterocycles. The number of nitrogens with one attached hydrogen (secondary N) is 1. The highest BCUT2D eigenvalue weighted by atomic mass is 127. The summed E-state index contributed by atoms with van der Waals surface area (Å²) in [5.74, 6) is -1.06. The van der Waals surface area contributed by atoms with E-state index in [4.69, 9.17) is 16.7 Å². The number of aromatic nitrogens is 1. The minimum absolute atomic E-state index is 0.0124. The molecule has 0 fully saturated rings. The zero-order chi connectivity index (χ0) is 13.1. The Balaban J connectivity index is 2.28. The molecule has 0 atom stereocenters. The second-order valence-corrected chi connectivity index (χ2v) is 5.14. The maximum absolute atomic E-state index is 10.8. The quantitative estimate of drug-likeness (QED) is 0.803. The van der Waals surface area contributed by atoms with Crippen molar-refractivity contribution in [2.75, 3.05) is 5.32 Å². The molecule has 0 amide bonds. The molecule has 0 saturated heterocycles. The van der Waals surface area contributed by atoms with Crippen molar-refractivity contribution >= 4 is 51.5 Å². The van der Waals surface area contributed by atoms with Gasteiger partial charge in [-0.1, -0.05) is 11.6 Å². The molecule has 1 heterocycles. The Bertz CT molecular complexity index is 604. The fraction of sp³-hybridized carbons (Fsp3) is 0. The van der Waals surface area contributed by atoms with Crippen molar-refractivity contribution in [2.45, 2.75) is 0 Å². The normalized spacial score (nSPS) is 10.1. The zero-order valence-corrected chi connectivity index (χ0v) is 11.9. The van der Waals surface area contributed by atoms with Crippen LogP contribution in [-0.4, -0.2) is 16.1 Å². The third kappa shape index (κ3) is 3.11. The van der Waals surface area contributed by atoms with Crippen LogP contribution in [0.2, 0.25) is 5.02 Å². The van der Waals surface area contributed by atoms with Crippen molar-refractivity contribution in [1.29, 1.82) is 0 Å². The molecule has 0 spiro atoms. The van der Waals surface area contributed by atoms with E-state index in [0.717, 1.165) is 9.26 Å². The number of halogens is 2. The summed E-state index contributed by atoms with van der Waals surface area (Å²) < 4.78 is 1.03. The number of aromatic carboxylic acids is 1. The largest absolute Gasteiger partial charge is 0.477 e. The van der Waals surface area contributed by atoms with Gasteiger partial charge in [-0.3, -0.25) is 0 Å². The fourth-order valence-corrected chi connectivity index (χ4v) is 2.27. The lowest BCUT2D eigenvalue weighted by Gasteiger charge is -2.08. The average molecular weight is 375 g/mol. The second kappa shape index (κ2) is 5.53. The number of nitrogens with zero attached hydrogens (tertiary/aromatic N) is 1. The van der Waals surface area contributed by atoms with Gasteiger partial charge in [0.2, 0.25) is 0 Å². The lowest BCUT2D eigenvalue weighted by atomic mass is 10.2. The van der Waals surface area contributed by atoms with Crippen molar-refractivity contribution in [1.82, 2.24) is 4.98 Å². The van der Waals surface area contributed by atoms with Crippen LogP contribution in [0.15, 0.2) is 36.5 Å². The van der Waals surface area contributed by atoms with E-state index >= 15 is 0 Å². The summed E-state index contributed by atoms with van der Waals surface area (Å²) in [7, 11) is 0. The van der Waals surface area contributed by atoms with E-state index in [1.807, 2.05) is 18.2 Å². The van der Waals surface area contributed by atoms with Crippen LogP contribution in [0.4, 0.5) is 11.4 Å². The van der Waals surface area contributed by atoms with Gasteiger partial charge in [-0.25, -0.2) is 9.78 Å². The van der Waals surface area contributed by atoms with E-state index in [-0.39, 0.29) is 5.69 Å². The molecule has 2 rings (SSSR count). The Morgan fingerprint density at radius 2 is 2.11 bits per heavy atom. The summed E-state index contributed by atoms with van der Waals surface area (Å²) in [4.78, 5) is 14.5. The smallest absolute Gasteiger partial charge is 0.354 e. The summed E-state index contributed by atoms with van der Waals surface area (Å²) in [5, 5.41) is 12.5. The van der Waals surface area contributed by atoms with Crippen LogP contribution in [0.3, 0.4) is 0 Å². The van der Waals surface area contributed by atoms with Gasteiger partial charge in [0.15, 0.2) is 0 Å².